The number of nitrogens with two attached hydrogens (primary N) is 1. The van der Waals surface area contributed by atoms with Crippen LogP contribution in [0.15, 0.2) is 42.6 Å². The molecule has 1 amide bonds. The van der Waals surface area contributed by atoms with Gasteiger partial charge >= 0.3 is 5.97 Å². The van der Waals surface area contributed by atoms with Crippen LogP contribution in [0.25, 0.3) is 10.9 Å². The van der Waals surface area contributed by atoms with Gasteiger partial charge in [0.2, 0.25) is 0 Å². The second-order valence-electron chi connectivity index (χ2n) is 6.10. The quantitative estimate of drug-likeness (QED) is 0.686. The van der Waals surface area contributed by atoms with E-state index in [2.05, 4.69) is 5.10 Å². The topological polar surface area (TPSA) is 111 Å². The summed E-state index contributed by atoms with van der Waals surface area (Å²) in [4.78, 5) is 25.1. The number of ether oxygens (including phenoxy) is 1. The normalized spacial score (nSPS) is 12.3. The Morgan fingerprint density at radius 2 is 1.93 bits per heavy atom. The van der Waals surface area contributed by atoms with E-state index in [9.17, 15) is 19.1 Å². The third kappa shape index (κ3) is 3.58. The summed E-state index contributed by atoms with van der Waals surface area (Å²) in [5.41, 5.74) is 5.73. The average molecular weight is 372 g/mol. The second-order valence-corrected chi connectivity index (χ2v) is 6.10. The van der Waals surface area contributed by atoms with Gasteiger partial charge in [-0.1, -0.05) is 0 Å². The zero-order valence-electron chi connectivity index (χ0n) is 14.6. The van der Waals surface area contributed by atoms with Crippen LogP contribution in [0.5, 0.6) is 11.5 Å². The molecule has 0 saturated heterocycles. The number of carbonyl (C=O) groups is 2. The van der Waals surface area contributed by atoms with Crippen molar-refractivity contribution in [3.05, 3.63) is 54.0 Å². The zero-order valence-corrected chi connectivity index (χ0v) is 14.6. The number of benzene rings is 2. The van der Waals surface area contributed by atoms with Crippen LogP contribution < -0.4 is 10.5 Å². The molecule has 1 unspecified atom stereocenters. The fraction of sp³-hybridized carbons (Fsp3) is 0.167. The zero-order chi connectivity index (χ0) is 19.7. The Bertz CT molecular complexity index is 1010. The van der Waals surface area contributed by atoms with Gasteiger partial charge in [0.15, 0.2) is 6.17 Å². The van der Waals surface area contributed by atoms with E-state index >= 15 is 0 Å². The van der Waals surface area contributed by atoms with Crippen molar-refractivity contribution in [3.63, 3.8) is 0 Å². The van der Waals surface area contributed by atoms with Gasteiger partial charge in [0, 0.05) is 5.39 Å². The van der Waals surface area contributed by atoms with Gasteiger partial charge in [-0.2, -0.15) is 5.10 Å². The van der Waals surface area contributed by atoms with Crippen LogP contribution in [-0.4, -0.2) is 45.8 Å². The maximum absolute atomic E-state index is 13.0. The van der Waals surface area contributed by atoms with Gasteiger partial charge in [-0.25, -0.2) is 13.9 Å². The predicted octanol–water partition coefficient (Wildman–Crippen LogP) is 2.21. The van der Waals surface area contributed by atoms with Crippen LogP contribution in [0.3, 0.4) is 0 Å². The lowest BCUT2D eigenvalue weighted by Gasteiger charge is -2.22. The minimum atomic E-state index is -1.22. The monoisotopic (exact) mass is 372 g/mol. The number of rotatable bonds is 6. The van der Waals surface area contributed by atoms with Crippen LogP contribution in [0, 0.1) is 5.82 Å². The van der Waals surface area contributed by atoms with E-state index in [4.69, 9.17) is 10.5 Å². The number of primary amides is 1. The molecule has 27 heavy (non-hydrogen) atoms. The second kappa shape index (κ2) is 7.04. The molecule has 0 aliphatic carbocycles. The molecule has 0 fully saturated rings. The Labute approximate surface area is 153 Å². The van der Waals surface area contributed by atoms with E-state index in [0.717, 1.165) is 0 Å². The maximum Gasteiger partial charge on any atom is 0.339 e. The molecule has 8 nitrogen and oxygen atoms in total. The summed E-state index contributed by atoms with van der Waals surface area (Å²) in [5.74, 6) is -1.93. The number of likely N-dealkylation sites (N-methyl/N-ethyl adjacent to an activating group) is 1. The summed E-state index contributed by atoms with van der Waals surface area (Å²) in [7, 11) is 3.32. The van der Waals surface area contributed by atoms with E-state index in [0.29, 0.717) is 10.9 Å². The van der Waals surface area contributed by atoms with Crippen molar-refractivity contribution in [2.24, 2.45) is 5.73 Å². The van der Waals surface area contributed by atoms with Crippen LogP contribution in [0.1, 0.15) is 16.5 Å². The molecule has 0 saturated carbocycles. The lowest BCUT2D eigenvalue weighted by atomic mass is 10.1. The molecule has 3 rings (SSSR count). The van der Waals surface area contributed by atoms with Crippen molar-refractivity contribution >= 4 is 22.8 Å². The first kappa shape index (κ1) is 18.3. The number of hydrogen-bond donors (Lipinski definition) is 2. The molecule has 1 aromatic heterocycles. The number of halogens is 1. The van der Waals surface area contributed by atoms with Gasteiger partial charge in [-0.3, -0.25) is 9.69 Å². The maximum atomic E-state index is 13.0. The highest BCUT2D eigenvalue weighted by molar-refractivity contribution is 5.97. The molecule has 1 heterocycles. The van der Waals surface area contributed by atoms with Gasteiger partial charge in [0.1, 0.15) is 22.9 Å². The molecule has 0 bridgehead atoms. The summed E-state index contributed by atoms with van der Waals surface area (Å²) in [6, 6.07) is 8.07. The Hall–Kier alpha value is -3.46. The molecule has 140 valence electrons. The van der Waals surface area contributed by atoms with Crippen LogP contribution >= 0.6 is 0 Å². The number of carboxylic acids is 1. The molecule has 0 spiro atoms. The largest absolute Gasteiger partial charge is 0.478 e. The van der Waals surface area contributed by atoms with Gasteiger partial charge in [0.25, 0.3) is 5.91 Å². The number of aromatic nitrogens is 2. The van der Waals surface area contributed by atoms with Crippen LogP contribution in [0.4, 0.5) is 4.39 Å². The molecule has 2 aromatic carbocycles. The van der Waals surface area contributed by atoms with Crippen LogP contribution in [0.2, 0.25) is 0 Å². The predicted molar refractivity (Wildman–Crippen MR) is 95.1 cm³/mol. The number of nitrogens with zero attached hydrogens (tertiary/aromatic N) is 3. The number of hydrogen-bond acceptors (Lipinski definition) is 5. The smallest absolute Gasteiger partial charge is 0.339 e. The molecular weight excluding hydrogens is 355 g/mol. The third-order valence-corrected chi connectivity index (χ3v) is 3.94. The van der Waals surface area contributed by atoms with Crippen molar-refractivity contribution in [2.75, 3.05) is 14.1 Å². The van der Waals surface area contributed by atoms with E-state index in [-0.39, 0.29) is 17.1 Å². The van der Waals surface area contributed by atoms with Gasteiger partial charge in [-0.15, -0.1) is 0 Å². The van der Waals surface area contributed by atoms with Crippen molar-refractivity contribution in [1.82, 2.24) is 14.7 Å². The van der Waals surface area contributed by atoms with Crippen molar-refractivity contribution in [3.8, 4) is 11.5 Å². The lowest BCUT2D eigenvalue weighted by molar-refractivity contribution is -0.125. The third-order valence-electron chi connectivity index (χ3n) is 3.94. The Balaban J connectivity index is 2.11. The fourth-order valence-corrected chi connectivity index (χ4v) is 2.74. The van der Waals surface area contributed by atoms with E-state index in [1.165, 1.54) is 47.3 Å². The molecule has 1 atom stereocenters. The highest BCUT2D eigenvalue weighted by Crippen LogP contribution is 2.31. The minimum Gasteiger partial charge on any atom is -0.478 e. The molecule has 3 N–H and O–H groups in total. The summed E-state index contributed by atoms with van der Waals surface area (Å²) in [5, 5.41) is 14.3. The molecule has 0 radical (unpaired) electrons. The number of carboxylic acid groups (broad SMARTS) is 1. The molecule has 3 aromatic rings. The van der Waals surface area contributed by atoms with Gasteiger partial charge in [0.05, 0.1) is 11.7 Å². The molecule has 0 aliphatic rings. The van der Waals surface area contributed by atoms with Gasteiger partial charge in [-0.05, 0) is 50.5 Å². The SMILES string of the molecule is CN(C)C(C(N)=O)n1ncc2cc(Oc3ccc(F)cc3)c(C(=O)O)cc21. The summed E-state index contributed by atoms with van der Waals surface area (Å²) in [6.07, 6.45) is 0.603. The molecule has 0 aliphatic heterocycles. The highest BCUT2D eigenvalue weighted by Gasteiger charge is 2.24. The highest BCUT2D eigenvalue weighted by atomic mass is 19.1. The Kier molecular flexibility index (Phi) is 4.78. The molecule has 9 heteroatoms. The summed E-state index contributed by atoms with van der Waals surface area (Å²) < 4.78 is 20.0. The standard InChI is InChI=1S/C18H17FN4O4/c1-22(2)17(16(20)24)23-14-8-13(18(25)26)15(7-10(14)9-21-23)27-12-5-3-11(19)4-6-12/h3-9,17H,1-2H3,(H2,20,24)(H,25,26). The van der Waals surface area contributed by atoms with Gasteiger partial charge < -0.3 is 15.6 Å². The summed E-state index contributed by atoms with van der Waals surface area (Å²) in [6.45, 7) is 0. The average Bonchev–Trinajstić information content (AvgIpc) is 2.98. The number of aromatic carboxylic acids is 1. The number of amides is 1. The Morgan fingerprint density at radius 3 is 2.48 bits per heavy atom. The van der Waals surface area contributed by atoms with Crippen LogP contribution in [-0.2, 0) is 4.79 Å². The number of carbonyl (C=O) groups excluding carboxylic acids is 1. The first-order valence-electron chi connectivity index (χ1n) is 7.91. The van der Waals surface area contributed by atoms with Crippen molar-refractivity contribution in [1.29, 1.82) is 0 Å². The van der Waals surface area contributed by atoms with E-state index in [1.807, 2.05) is 0 Å². The summed E-state index contributed by atoms with van der Waals surface area (Å²) >= 11 is 0. The molecular formula is C18H17FN4O4. The first-order chi connectivity index (χ1) is 12.8. The minimum absolute atomic E-state index is 0.0710. The van der Waals surface area contributed by atoms with Crippen molar-refractivity contribution < 1.29 is 23.8 Å². The first-order valence-corrected chi connectivity index (χ1v) is 7.91. The van der Waals surface area contributed by atoms with E-state index in [1.54, 1.807) is 19.0 Å². The Morgan fingerprint density at radius 1 is 1.26 bits per heavy atom. The van der Waals surface area contributed by atoms with E-state index < -0.39 is 23.9 Å². The number of fused-ring (bicyclic) bond motifs is 1. The lowest BCUT2D eigenvalue weighted by Crippen LogP contribution is -2.37. The fourth-order valence-electron chi connectivity index (χ4n) is 2.74. The van der Waals surface area contributed by atoms with Crippen molar-refractivity contribution in [2.45, 2.75) is 6.17 Å².